The van der Waals surface area contributed by atoms with Crippen molar-refractivity contribution in [2.24, 2.45) is 17.8 Å². The third-order valence-electron chi connectivity index (χ3n) is 4.83. The van der Waals surface area contributed by atoms with Crippen molar-refractivity contribution >= 4 is 11.8 Å². The van der Waals surface area contributed by atoms with Crippen molar-refractivity contribution in [1.82, 2.24) is 5.32 Å². The van der Waals surface area contributed by atoms with Crippen molar-refractivity contribution < 1.29 is 28.0 Å². The Hall–Kier alpha value is -1.64. The predicted molar refractivity (Wildman–Crippen MR) is 74.7 cm³/mol. The molecule has 1 heterocycles. The summed E-state index contributed by atoms with van der Waals surface area (Å²) in [6.07, 6.45) is -4.43. The van der Waals surface area contributed by atoms with Crippen LogP contribution in [-0.4, -0.2) is 53.8 Å². The fourth-order valence-corrected chi connectivity index (χ4v) is 3.67. The lowest BCUT2D eigenvalue weighted by Gasteiger charge is -2.47. The van der Waals surface area contributed by atoms with E-state index in [0.717, 1.165) is 0 Å². The Labute approximate surface area is 131 Å². The molecule has 1 saturated heterocycles. The highest BCUT2D eigenvalue weighted by Crippen LogP contribution is 2.40. The van der Waals surface area contributed by atoms with Gasteiger partial charge < -0.3 is 10.1 Å². The first-order valence-electron chi connectivity index (χ1n) is 7.60. The Balaban J connectivity index is 2.40. The van der Waals surface area contributed by atoms with E-state index in [1.165, 1.54) is 6.92 Å². The van der Waals surface area contributed by atoms with Crippen LogP contribution < -0.4 is 5.32 Å². The third kappa shape index (κ3) is 2.82. The molecule has 1 aliphatic heterocycles. The summed E-state index contributed by atoms with van der Waals surface area (Å²) < 4.78 is 33.0. The minimum atomic E-state index is -2.39. The van der Waals surface area contributed by atoms with Gasteiger partial charge in [0, 0.05) is 22.9 Å². The standard InChI is InChI=1S/C14H20F2N2O5/c1-4-23-14(20)7-6(3)17-11-5(2)9(15)10(16)12(18(21)22)8(11)13(7)19/h5-12,17H,4H2,1-3H3. The molecule has 0 amide bonds. The van der Waals surface area contributed by atoms with Gasteiger partial charge in [0.1, 0.15) is 18.0 Å². The second-order valence-corrected chi connectivity index (χ2v) is 6.16. The summed E-state index contributed by atoms with van der Waals surface area (Å²) in [5, 5.41) is 14.1. The van der Waals surface area contributed by atoms with Crippen LogP contribution in [0.15, 0.2) is 0 Å². The lowest BCUT2D eigenvalue weighted by atomic mass is 9.65. The summed E-state index contributed by atoms with van der Waals surface area (Å²) in [6.45, 7) is 4.58. The Kier molecular flexibility index (Phi) is 4.98. The Morgan fingerprint density at radius 1 is 1.35 bits per heavy atom. The monoisotopic (exact) mass is 334 g/mol. The summed E-state index contributed by atoms with van der Waals surface area (Å²) >= 11 is 0. The molecule has 2 rings (SSSR count). The summed E-state index contributed by atoms with van der Waals surface area (Å²) in [6, 6.07) is -3.56. The first-order chi connectivity index (χ1) is 10.7. The highest BCUT2D eigenvalue weighted by Gasteiger charge is 2.63. The van der Waals surface area contributed by atoms with Crippen LogP contribution in [0, 0.1) is 27.9 Å². The lowest BCUT2D eigenvalue weighted by Crippen LogP contribution is -2.70. The number of nitrogens with zero attached hydrogens (tertiary/aromatic N) is 1. The van der Waals surface area contributed by atoms with Gasteiger partial charge in [0.15, 0.2) is 12.0 Å². The van der Waals surface area contributed by atoms with Gasteiger partial charge in [0.05, 0.1) is 6.61 Å². The predicted octanol–water partition coefficient (Wildman–Crippen LogP) is 0.682. The summed E-state index contributed by atoms with van der Waals surface area (Å²) in [5.41, 5.74) is 0. The van der Waals surface area contributed by atoms with Gasteiger partial charge in [0.25, 0.3) is 6.04 Å². The number of fused-ring (bicyclic) bond motifs is 1. The summed E-state index contributed by atoms with van der Waals surface area (Å²) in [4.78, 5) is 34.9. The number of hydrogen-bond donors (Lipinski definition) is 1. The molecule has 23 heavy (non-hydrogen) atoms. The van der Waals surface area contributed by atoms with E-state index in [9.17, 15) is 28.5 Å². The molecule has 2 aliphatic rings. The third-order valence-corrected chi connectivity index (χ3v) is 4.83. The number of piperidine rings is 1. The van der Waals surface area contributed by atoms with Crippen LogP contribution in [0.4, 0.5) is 8.78 Å². The van der Waals surface area contributed by atoms with E-state index in [1.54, 1.807) is 13.8 Å². The molecule has 1 N–H and O–H groups in total. The SMILES string of the molecule is CCOC(=O)C1C(=O)C2C(NC1C)C(C)C(F)C(F)C2[N+](=O)[O-]. The first kappa shape index (κ1) is 17.7. The Morgan fingerprint density at radius 2 is 1.96 bits per heavy atom. The van der Waals surface area contributed by atoms with E-state index < -0.39 is 64.9 Å². The lowest BCUT2D eigenvalue weighted by molar-refractivity contribution is -0.545. The van der Waals surface area contributed by atoms with Gasteiger partial charge in [-0.1, -0.05) is 6.92 Å². The number of esters is 1. The fourth-order valence-electron chi connectivity index (χ4n) is 3.67. The minimum Gasteiger partial charge on any atom is -0.465 e. The van der Waals surface area contributed by atoms with Crippen LogP contribution in [0.5, 0.6) is 0 Å². The van der Waals surface area contributed by atoms with Crippen molar-refractivity contribution in [2.75, 3.05) is 6.61 Å². The van der Waals surface area contributed by atoms with Crippen molar-refractivity contribution in [3.8, 4) is 0 Å². The van der Waals surface area contributed by atoms with Crippen molar-refractivity contribution in [3.05, 3.63) is 10.1 Å². The number of hydrogen-bond acceptors (Lipinski definition) is 6. The van der Waals surface area contributed by atoms with E-state index in [0.29, 0.717) is 0 Å². The molecule has 130 valence electrons. The molecule has 0 aromatic heterocycles. The number of halogens is 2. The van der Waals surface area contributed by atoms with Crippen LogP contribution in [-0.2, 0) is 14.3 Å². The smallest absolute Gasteiger partial charge is 0.318 e. The maximum absolute atomic E-state index is 14.1. The molecule has 0 bridgehead atoms. The molecule has 7 nitrogen and oxygen atoms in total. The number of alkyl halides is 2. The molecule has 0 aromatic carbocycles. The summed E-state index contributed by atoms with van der Waals surface area (Å²) in [5.74, 6) is -5.12. The molecule has 2 fully saturated rings. The molecule has 1 saturated carbocycles. The molecule has 0 spiro atoms. The number of ketones is 1. The van der Waals surface area contributed by atoms with Gasteiger partial charge in [0.2, 0.25) is 0 Å². The van der Waals surface area contributed by atoms with E-state index in [1.807, 2.05) is 0 Å². The van der Waals surface area contributed by atoms with Crippen molar-refractivity contribution in [1.29, 1.82) is 0 Å². The highest BCUT2D eigenvalue weighted by molar-refractivity contribution is 6.02. The molecular formula is C14H20F2N2O5. The van der Waals surface area contributed by atoms with Gasteiger partial charge >= 0.3 is 5.97 Å². The average Bonchev–Trinajstić information content (AvgIpc) is 2.46. The van der Waals surface area contributed by atoms with Crippen LogP contribution in [0.25, 0.3) is 0 Å². The molecule has 8 atom stereocenters. The number of carbonyl (C=O) groups excluding carboxylic acids is 2. The van der Waals surface area contributed by atoms with E-state index in [2.05, 4.69) is 5.32 Å². The number of nitro groups is 1. The maximum Gasteiger partial charge on any atom is 0.318 e. The Bertz CT molecular complexity index is 517. The minimum absolute atomic E-state index is 0.0524. The normalized spacial score (nSPS) is 43.6. The van der Waals surface area contributed by atoms with Crippen molar-refractivity contribution in [2.45, 2.75) is 51.2 Å². The number of rotatable bonds is 3. The van der Waals surface area contributed by atoms with E-state index in [4.69, 9.17) is 4.74 Å². The quantitative estimate of drug-likeness (QED) is 0.353. The number of Topliss-reactive ketones (excluding diaryl/α,β-unsaturated/α-hetero) is 1. The molecule has 9 heteroatoms. The topological polar surface area (TPSA) is 98.5 Å². The second kappa shape index (κ2) is 6.46. The number of carbonyl (C=O) groups is 2. The molecule has 8 unspecified atom stereocenters. The van der Waals surface area contributed by atoms with Gasteiger partial charge in [-0.25, -0.2) is 8.78 Å². The van der Waals surface area contributed by atoms with E-state index in [-0.39, 0.29) is 6.61 Å². The zero-order chi connectivity index (χ0) is 17.5. The highest BCUT2D eigenvalue weighted by atomic mass is 19.2. The molecular weight excluding hydrogens is 314 g/mol. The van der Waals surface area contributed by atoms with Gasteiger partial charge in [-0.15, -0.1) is 0 Å². The van der Waals surface area contributed by atoms with Gasteiger partial charge in [-0.3, -0.25) is 19.7 Å². The largest absolute Gasteiger partial charge is 0.465 e. The summed E-state index contributed by atoms with van der Waals surface area (Å²) in [7, 11) is 0. The zero-order valence-corrected chi connectivity index (χ0v) is 13.1. The van der Waals surface area contributed by atoms with Crippen LogP contribution in [0.1, 0.15) is 20.8 Å². The number of ether oxygens (including phenoxy) is 1. The Morgan fingerprint density at radius 3 is 2.48 bits per heavy atom. The fraction of sp³-hybridized carbons (Fsp3) is 0.857. The van der Waals surface area contributed by atoms with Crippen LogP contribution in [0.3, 0.4) is 0 Å². The van der Waals surface area contributed by atoms with Gasteiger partial charge in [-0.2, -0.15) is 0 Å². The zero-order valence-electron chi connectivity index (χ0n) is 13.1. The maximum atomic E-state index is 14.1. The van der Waals surface area contributed by atoms with Crippen LogP contribution >= 0.6 is 0 Å². The molecule has 0 aromatic rings. The number of nitrogens with one attached hydrogen (secondary N) is 1. The molecule has 0 radical (unpaired) electrons. The van der Waals surface area contributed by atoms with Crippen LogP contribution in [0.2, 0.25) is 0 Å². The van der Waals surface area contributed by atoms with Crippen molar-refractivity contribution in [3.63, 3.8) is 0 Å². The van der Waals surface area contributed by atoms with E-state index >= 15 is 0 Å². The molecule has 1 aliphatic carbocycles. The first-order valence-corrected chi connectivity index (χ1v) is 7.60. The average molecular weight is 334 g/mol. The second-order valence-electron chi connectivity index (χ2n) is 6.16. The van der Waals surface area contributed by atoms with Gasteiger partial charge in [-0.05, 0) is 13.8 Å².